The molecule has 16 heteroatoms. The van der Waals surface area contributed by atoms with Crippen LogP contribution < -0.4 is 21.3 Å². The third-order valence-electron chi connectivity index (χ3n) is 10.2. The highest BCUT2D eigenvalue weighted by atomic mass is 32.1. The SMILES string of the molecule is CCC(C)C1NC(=O)c2csc(n2)C(C(C)C)NC(=O)C2N=C(OC2C)C(C(C)C)NC(=O)c2csc(n2)C(Cc2ccccc2)NC(=O)C2N=C1OC2C. The number of aliphatic imine (C=N–C) groups is 2. The molecule has 0 saturated carbocycles. The number of carbonyl (C=O) groups is 4. The molecule has 4 N–H and O–H groups in total. The maximum Gasteiger partial charge on any atom is 0.271 e. The molecule has 4 amide bonds. The van der Waals surface area contributed by atoms with Gasteiger partial charge in [-0.2, -0.15) is 0 Å². The Labute approximate surface area is 329 Å². The summed E-state index contributed by atoms with van der Waals surface area (Å²) in [6, 6.07) is 5.59. The standard InChI is InChI=1S/C39H50N8O6S2/c1-9-20(6)29-37-47-30(21(7)53-37)34(50)40-24(15-23-13-11-10-12-14-23)38-41-25(16-54-38)32(48)43-27(18(2)3)36-46-31(22(8)52-36)35(51)44-28(19(4)5)39-42-26(17-55-39)33(49)45-29/h10-14,16-22,24,27-31H,9,15H2,1-8H3,(H,40,50)(H,43,48)(H,44,51)(H,45,49). The number of fused-ring (bicyclic) bond motifs is 6. The molecule has 14 nitrogen and oxygen atoms in total. The fourth-order valence-corrected chi connectivity index (χ4v) is 8.55. The van der Waals surface area contributed by atoms with Crippen LogP contribution in [0, 0.1) is 17.8 Å². The van der Waals surface area contributed by atoms with Crippen molar-refractivity contribution in [1.29, 1.82) is 0 Å². The summed E-state index contributed by atoms with van der Waals surface area (Å²) >= 11 is 2.55. The average molecular weight is 791 g/mol. The van der Waals surface area contributed by atoms with Crippen molar-refractivity contribution in [2.24, 2.45) is 27.7 Å². The van der Waals surface area contributed by atoms with Gasteiger partial charge in [-0.15, -0.1) is 22.7 Å². The van der Waals surface area contributed by atoms with Gasteiger partial charge in [0, 0.05) is 10.8 Å². The summed E-state index contributed by atoms with van der Waals surface area (Å²) in [5.41, 5.74) is 1.35. The lowest BCUT2D eigenvalue weighted by Crippen LogP contribution is -2.45. The Morgan fingerprint density at radius 1 is 0.673 bits per heavy atom. The molecule has 0 aliphatic carbocycles. The smallest absolute Gasteiger partial charge is 0.271 e. The molecular weight excluding hydrogens is 741 g/mol. The first kappa shape index (κ1) is 40.0. The summed E-state index contributed by atoms with van der Waals surface area (Å²) < 4.78 is 12.3. The van der Waals surface area contributed by atoms with E-state index in [0.29, 0.717) is 22.9 Å². The van der Waals surface area contributed by atoms with E-state index in [4.69, 9.17) is 19.5 Å². The maximum atomic E-state index is 14.0. The van der Waals surface area contributed by atoms with E-state index >= 15 is 0 Å². The minimum absolute atomic E-state index is 0.0673. The summed E-state index contributed by atoms with van der Waals surface area (Å²) in [4.78, 5) is 74.2. The van der Waals surface area contributed by atoms with Crippen LogP contribution in [0.2, 0.25) is 0 Å². The molecule has 2 aromatic heterocycles. The van der Waals surface area contributed by atoms with Crippen molar-refractivity contribution in [3.63, 3.8) is 0 Å². The van der Waals surface area contributed by atoms with Crippen LogP contribution in [0.3, 0.4) is 0 Å². The molecule has 0 spiro atoms. The van der Waals surface area contributed by atoms with Crippen molar-refractivity contribution >= 4 is 58.1 Å². The lowest BCUT2D eigenvalue weighted by molar-refractivity contribution is -0.125. The Hall–Kier alpha value is -4.70. The fraction of sp³-hybridized carbons (Fsp3) is 0.538. The molecule has 9 unspecified atom stereocenters. The van der Waals surface area contributed by atoms with Gasteiger partial charge in [0.25, 0.3) is 11.8 Å². The number of benzene rings is 1. The predicted molar refractivity (Wildman–Crippen MR) is 211 cm³/mol. The average Bonchev–Trinajstić information content (AvgIpc) is 3.98. The quantitative estimate of drug-likeness (QED) is 0.275. The molecule has 8 bridgehead atoms. The monoisotopic (exact) mass is 790 g/mol. The number of nitrogens with one attached hydrogen (secondary N) is 4. The van der Waals surface area contributed by atoms with Gasteiger partial charge in [-0.3, -0.25) is 19.2 Å². The Kier molecular flexibility index (Phi) is 12.3. The van der Waals surface area contributed by atoms with Gasteiger partial charge in [0.15, 0.2) is 12.1 Å². The van der Waals surface area contributed by atoms with Crippen LogP contribution in [0.15, 0.2) is 51.1 Å². The first-order chi connectivity index (χ1) is 26.2. The highest BCUT2D eigenvalue weighted by Crippen LogP contribution is 2.29. The second-order valence-electron chi connectivity index (χ2n) is 15.1. The van der Waals surface area contributed by atoms with Crippen molar-refractivity contribution in [2.75, 3.05) is 0 Å². The third-order valence-corrected chi connectivity index (χ3v) is 12.1. The van der Waals surface area contributed by atoms with E-state index in [1.807, 2.05) is 71.9 Å². The van der Waals surface area contributed by atoms with Gasteiger partial charge in [0.2, 0.25) is 23.6 Å². The molecule has 0 fully saturated rings. The second kappa shape index (κ2) is 17.0. The number of nitrogens with zero attached hydrogens (tertiary/aromatic N) is 4. The zero-order chi connectivity index (χ0) is 39.6. The highest BCUT2D eigenvalue weighted by Gasteiger charge is 2.41. The van der Waals surface area contributed by atoms with Crippen LogP contribution in [-0.2, 0) is 25.5 Å². The Morgan fingerprint density at radius 3 is 1.75 bits per heavy atom. The van der Waals surface area contributed by atoms with Crippen LogP contribution in [0.25, 0.3) is 0 Å². The molecule has 5 heterocycles. The number of amides is 4. The first-order valence-corrected chi connectivity index (χ1v) is 20.7. The Balaban J connectivity index is 1.39. The number of thiazole rings is 2. The lowest BCUT2D eigenvalue weighted by Gasteiger charge is -2.24. The van der Waals surface area contributed by atoms with E-state index in [0.717, 1.165) is 5.56 Å². The van der Waals surface area contributed by atoms with E-state index in [1.54, 1.807) is 24.6 Å². The van der Waals surface area contributed by atoms with E-state index in [2.05, 4.69) is 31.2 Å². The highest BCUT2D eigenvalue weighted by molar-refractivity contribution is 7.10. The number of ether oxygens (including phenoxy) is 2. The van der Waals surface area contributed by atoms with Gasteiger partial charge in [-0.05, 0) is 43.6 Å². The Bertz CT molecular complexity index is 1940. The number of rotatable bonds is 6. The molecular formula is C39H50N8O6S2. The summed E-state index contributed by atoms with van der Waals surface area (Å²) in [6.45, 7) is 15.3. The summed E-state index contributed by atoms with van der Waals surface area (Å²) in [5.74, 6) is -1.32. The van der Waals surface area contributed by atoms with Gasteiger partial charge < -0.3 is 30.7 Å². The predicted octanol–water partition coefficient (Wildman–Crippen LogP) is 4.80. The van der Waals surface area contributed by atoms with Crippen LogP contribution >= 0.6 is 22.7 Å². The van der Waals surface area contributed by atoms with Crippen molar-refractivity contribution in [3.05, 3.63) is 68.1 Å². The van der Waals surface area contributed by atoms with Gasteiger partial charge in [0.05, 0.1) is 12.1 Å². The van der Waals surface area contributed by atoms with Crippen molar-refractivity contribution in [2.45, 2.75) is 117 Å². The molecule has 9 atom stereocenters. The number of carbonyl (C=O) groups excluding carboxylic acids is 4. The lowest BCUT2D eigenvalue weighted by atomic mass is 9.98. The minimum Gasteiger partial charge on any atom is -0.474 e. The van der Waals surface area contributed by atoms with E-state index < -0.39 is 60.3 Å². The van der Waals surface area contributed by atoms with Gasteiger partial charge in [-0.1, -0.05) is 78.3 Å². The second-order valence-corrected chi connectivity index (χ2v) is 16.9. The fourth-order valence-electron chi connectivity index (χ4n) is 6.68. The minimum atomic E-state index is -0.892. The van der Waals surface area contributed by atoms with E-state index in [9.17, 15) is 19.2 Å². The number of hydrogen-bond acceptors (Lipinski definition) is 12. The molecule has 3 aliphatic heterocycles. The Morgan fingerprint density at radius 2 is 1.18 bits per heavy atom. The maximum absolute atomic E-state index is 14.0. The first-order valence-electron chi connectivity index (χ1n) is 18.9. The number of aromatic nitrogens is 2. The largest absolute Gasteiger partial charge is 0.474 e. The van der Waals surface area contributed by atoms with Crippen LogP contribution in [0.4, 0.5) is 0 Å². The van der Waals surface area contributed by atoms with Gasteiger partial charge in [0.1, 0.15) is 45.7 Å². The summed E-state index contributed by atoms with van der Waals surface area (Å²) in [5, 5.41) is 16.8. The summed E-state index contributed by atoms with van der Waals surface area (Å²) in [6.07, 6.45) is -0.0891. The van der Waals surface area contributed by atoms with Crippen LogP contribution in [0.5, 0.6) is 0 Å². The molecule has 3 aromatic rings. The molecule has 1 aromatic carbocycles. The molecule has 0 radical (unpaired) electrons. The zero-order valence-corrected chi connectivity index (χ0v) is 34.0. The summed E-state index contributed by atoms with van der Waals surface area (Å²) in [7, 11) is 0. The van der Waals surface area contributed by atoms with E-state index in [-0.39, 0.29) is 52.8 Å². The third kappa shape index (κ3) is 8.90. The molecule has 3 aliphatic rings. The van der Waals surface area contributed by atoms with Crippen LogP contribution in [-0.4, -0.2) is 81.8 Å². The van der Waals surface area contributed by atoms with Gasteiger partial charge in [-0.25, -0.2) is 20.0 Å². The van der Waals surface area contributed by atoms with Crippen LogP contribution in [0.1, 0.15) is 110 Å². The molecule has 55 heavy (non-hydrogen) atoms. The van der Waals surface area contributed by atoms with Gasteiger partial charge >= 0.3 is 0 Å². The zero-order valence-electron chi connectivity index (χ0n) is 32.4. The molecule has 294 valence electrons. The normalized spacial score (nSPS) is 28.2. The molecule has 6 rings (SSSR count). The van der Waals surface area contributed by atoms with Crippen molar-refractivity contribution in [3.8, 4) is 0 Å². The topological polar surface area (TPSA) is 185 Å². The van der Waals surface area contributed by atoms with E-state index in [1.165, 1.54) is 22.7 Å². The molecule has 0 saturated heterocycles. The van der Waals surface area contributed by atoms with Crippen molar-refractivity contribution in [1.82, 2.24) is 31.2 Å². The number of hydrogen-bond donors (Lipinski definition) is 4. The van der Waals surface area contributed by atoms with Crippen molar-refractivity contribution < 1.29 is 28.7 Å².